The highest BCUT2D eigenvalue weighted by Crippen LogP contribution is 2.38. The van der Waals surface area contributed by atoms with Gasteiger partial charge in [-0.25, -0.2) is 0 Å². The summed E-state index contributed by atoms with van der Waals surface area (Å²) in [4.78, 5) is 11.4. The lowest BCUT2D eigenvalue weighted by molar-refractivity contribution is -0.115. The van der Waals surface area contributed by atoms with E-state index in [1.54, 1.807) is 0 Å². The molecule has 3 N–H and O–H groups in total. The van der Waals surface area contributed by atoms with Crippen LogP contribution in [0.15, 0.2) is 12.1 Å². The summed E-state index contributed by atoms with van der Waals surface area (Å²) in [5, 5.41) is 2.97. The third kappa shape index (κ3) is 2.07. The number of carbonyl (C=O) groups is 1. The van der Waals surface area contributed by atoms with E-state index >= 15 is 0 Å². The van der Waals surface area contributed by atoms with Crippen LogP contribution < -0.4 is 11.1 Å². The van der Waals surface area contributed by atoms with E-state index in [2.05, 4.69) is 24.4 Å². The van der Waals surface area contributed by atoms with Gasteiger partial charge in [0.05, 0.1) is 6.42 Å². The summed E-state index contributed by atoms with van der Waals surface area (Å²) >= 11 is 0. The molecule has 0 aromatic heterocycles. The monoisotopic (exact) mass is 230 g/mol. The van der Waals surface area contributed by atoms with Crippen molar-refractivity contribution in [2.75, 3.05) is 5.32 Å². The SMILES string of the molecule is Cc1cc(CCC2(N)CC2)c2c(c1)CC(=O)N2. The second-order valence-corrected chi connectivity index (χ2v) is 5.55. The van der Waals surface area contributed by atoms with Gasteiger partial charge in [0.25, 0.3) is 0 Å². The molecule has 1 fully saturated rings. The fourth-order valence-corrected chi connectivity index (χ4v) is 2.59. The van der Waals surface area contributed by atoms with Crippen molar-refractivity contribution < 1.29 is 4.79 Å². The lowest BCUT2D eigenvalue weighted by Gasteiger charge is -2.12. The first-order valence-electron chi connectivity index (χ1n) is 6.27. The van der Waals surface area contributed by atoms with E-state index in [1.165, 1.54) is 11.1 Å². The molecular formula is C14H18N2O. The second-order valence-electron chi connectivity index (χ2n) is 5.55. The standard InChI is InChI=1S/C14H18N2O/c1-9-6-10(2-3-14(15)4-5-14)13-11(7-9)8-12(17)16-13/h6-7H,2-5,8,15H2,1H3,(H,16,17). The molecule has 0 radical (unpaired) electrons. The van der Waals surface area contributed by atoms with Gasteiger partial charge >= 0.3 is 0 Å². The lowest BCUT2D eigenvalue weighted by atomic mass is 9.98. The van der Waals surface area contributed by atoms with Crippen LogP contribution in [0.25, 0.3) is 0 Å². The van der Waals surface area contributed by atoms with Gasteiger partial charge in [0.15, 0.2) is 0 Å². The van der Waals surface area contributed by atoms with Crippen molar-refractivity contribution in [1.82, 2.24) is 0 Å². The summed E-state index contributed by atoms with van der Waals surface area (Å²) in [5.41, 5.74) is 10.9. The largest absolute Gasteiger partial charge is 0.325 e. The second kappa shape index (κ2) is 3.57. The van der Waals surface area contributed by atoms with Gasteiger partial charge in [-0.3, -0.25) is 4.79 Å². The first kappa shape index (κ1) is 10.8. The number of amides is 1. The maximum atomic E-state index is 11.4. The van der Waals surface area contributed by atoms with Crippen molar-refractivity contribution in [2.24, 2.45) is 5.73 Å². The third-order valence-corrected chi connectivity index (χ3v) is 3.85. The van der Waals surface area contributed by atoms with Crippen molar-refractivity contribution in [1.29, 1.82) is 0 Å². The molecule has 1 aliphatic heterocycles. The van der Waals surface area contributed by atoms with Crippen LogP contribution in [-0.4, -0.2) is 11.4 Å². The lowest BCUT2D eigenvalue weighted by Crippen LogP contribution is -2.22. The van der Waals surface area contributed by atoms with Gasteiger partial charge in [-0.15, -0.1) is 0 Å². The number of nitrogens with two attached hydrogens (primary N) is 1. The molecule has 2 aliphatic rings. The maximum Gasteiger partial charge on any atom is 0.228 e. The molecular weight excluding hydrogens is 212 g/mol. The minimum absolute atomic E-state index is 0.0826. The molecule has 3 rings (SSSR count). The Hall–Kier alpha value is -1.35. The number of carbonyl (C=O) groups excluding carboxylic acids is 1. The molecule has 0 bridgehead atoms. The zero-order valence-electron chi connectivity index (χ0n) is 10.2. The van der Waals surface area contributed by atoms with Gasteiger partial charge in [-0.2, -0.15) is 0 Å². The van der Waals surface area contributed by atoms with E-state index in [-0.39, 0.29) is 11.4 Å². The Morgan fingerprint density at radius 1 is 1.41 bits per heavy atom. The van der Waals surface area contributed by atoms with Crippen LogP contribution in [0.4, 0.5) is 5.69 Å². The molecule has 0 spiro atoms. The Kier molecular flexibility index (Phi) is 2.26. The topological polar surface area (TPSA) is 55.1 Å². The highest BCUT2D eigenvalue weighted by molar-refractivity contribution is 6.00. The first-order valence-corrected chi connectivity index (χ1v) is 6.27. The van der Waals surface area contributed by atoms with E-state index in [0.29, 0.717) is 6.42 Å². The predicted octanol–water partition coefficient (Wildman–Crippen LogP) is 1.91. The predicted molar refractivity (Wildman–Crippen MR) is 68.0 cm³/mol. The zero-order valence-corrected chi connectivity index (χ0v) is 10.2. The van der Waals surface area contributed by atoms with Crippen molar-refractivity contribution in [2.45, 2.75) is 44.6 Å². The Morgan fingerprint density at radius 3 is 2.88 bits per heavy atom. The molecule has 0 unspecified atom stereocenters. The zero-order chi connectivity index (χ0) is 12.0. The summed E-state index contributed by atoms with van der Waals surface area (Å²) in [7, 11) is 0. The molecule has 17 heavy (non-hydrogen) atoms. The van der Waals surface area contributed by atoms with E-state index in [0.717, 1.165) is 36.9 Å². The number of aryl methyl sites for hydroxylation is 2. The summed E-state index contributed by atoms with van der Waals surface area (Å²) in [6.07, 6.45) is 4.82. The Balaban J connectivity index is 1.86. The number of rotatable bonds is 3. The maximum absolute atomic E-state index is 11.4. The summed E-state index contributed by atoms with van der Waals surface area (Å²) in [6.45, 7) is 2.09. The molecule has 1 aromatic rings. The molecule has 3 heteroatoms. The van der Waals surface area contributed by atoms with Crippen molar-refractivity contribution in [3.8, 4) is 0 Å². The van der Waals surface area contributed by atoms with Gasteiger partial charge in [-0.1, -0.05) is 17.7 Å². The van der Waals surface area contributed by atoms with E-state index in [1.807, 2.05) is 0 Å². The quantitative estimate of drug-likeness (QED) is 0.833. The van der Waals surface area contributed by atoms with Crippen molar-refractivity contribution in [3.63, 3.8) is 0 Å². The van der Waals surface area contributed by atoms with Crippen LogP contribution in [0.5, 0.6) is 0 Å². The third-order valence-electron chi connectivity index (χ3n) is 3.85. The first-order chi connectivity index (χ1) is 8.06. The molecule has 1 aromatic carbocycles. The smallest absolute Gasteiger partial charge is 0.228 e. The van der Waals surface area contributed by atoms with Crippen molar-refractivity contribution in [3.05, 3.63) is 28.8 Å². The number of nitrogens with one attached hydrogen (secondary N) is 1. The van der Waals surface area contributed by atoms with Gasteiger partial charge in [0, 0.05) is 11.2 Å². The van der Waals surface area contributed by atoms with Crippen LogP contribution in [0, 0.1) is 6.92 Å². The Morgan fingerprint density at radius 2 is 2.18 bits per heavy atom. The Bertz CT molecular complexity index is 489. The number of hydrogen-bond acceptors (Lipinski definition) is 2. The molecule has 0 saturated heterocycles. The van der Waals surface area contributed by atoms with E-state index in [4.69, 9.17) is 5.73 Å². The minimum Gasteiger partial charge on any atom is -0.325 e. The number of benzene rings is 1. The number of hydrogen-bond donors (Lipinski definition) is 2. The molecule has 1 saturated carbocycles. The normalized spacial score (nSPS) is 20.0. The summed E-state index contributed by atoms with van der Waals surface area (Å²) in [6, 6.07) is 4.28. The van der Waals surface area contributed by atoms with Crippen LogP contribution in [-0.2, 0) is 17.6 Å². The van der Waals surface area contributed by atoms with Gasteiger partial charge in [0.2, 0.25) is 5.91 Å². The van der Waals surface area contributed by atoms with Gasteiger partial charge in [0.1, 0.15) is 0 Å². The molecule has 0 atom stereocenters. The highest BCUT2D eigenvalue weighted by Gasteiger charge is 2.37. The molecule has 3 nitrogen and oxygen atoms in total. The van der Waals surface area contributed by atoms with Crippen LogP contribution in [0.1, 0.15) is 36.0 Å². The molecule has 1 amide bonds. The Labute approximate surface area is 101 Å². The summed E-state index contributed by atoms with van der Waals surface area (Å²) < 4.78 is 0. The van der Waals surface area contributed by atoms with E-state index < -0.39 is 0 Å². The molecule has 90 valence electrons. The van der Waals surface area contributed by atoms with Gasteiger partial charge < -0.3 is 11.1 Å². The fourth-order valence-electron chi connectivity index (χ4n) is 2.59. The number of anilines is 1. The van der Waals surface area contributed by atoms with Crippen LogP contribution >= 0.6 is 0 Å². The van der Waals surface area contributed by atoms with E-state index in [9.17, 15) is 4.79 Å². The van der Waals surface area contributed by atoms with Crippen LogP contribution in [0.3, 0.4) is 0 Å². The van der Waals surface area contributed by atoms with Gasteiger partial charge in [-0.05, 0) is 43.7 Å². The average Bonchev–Trinajstić information content (AvgIpc) is 2.86. The molecule has 1 aliphatic carbocycles. The minimum atomic E-state index is 0.0826. The highest BCUT2D eigenvalue weighted by atomic mass is 16.1. The fraction of sp³-hybridized carbons (Fsp3) is 0.500. The average molecular weight is 230 g/mol. The van der Waals surface area contributed by atoms with Crippen LogP contribution in [0.2, 0.25) is 0 Å². The molecule has 1 heterocycles. The number of fused-ring (bicyclic) bond motifs is 1. The van der Waals surface area contributed by atoms with Crippen molar-refractivity contribution >= 4 is 11.6 Å². The summed E-state index contributed by atoms with van der Waals surface area (Å²) in [5.74, 6) is 0.112.